The van der Waals surface area contributed by atoms with Crippen molar-refractivity contribution in [1.29, 1.82) is 0 Å². The van der Waals surface area contributed by atoms with Gasteiger partial charge in [0.2, 0.25) is 0 Å². The molecule has 2 aromatic carbocycles. The Balaban J connectivity index is 1.76. The van der Waals surface area contributed by atoms with Crippen LogP contribution in [0.1, 0.15) is 34.3 Å². The van der Waals surface area contributed by atoms with Gasteiger partial charge in [-0.2, -0.15) is 0 Å². The number of amides is 1. The molecule has 0 unspecified atom stereocenters. The Morgan fingerprint density at radius 3 is 2.22 bits per heavy atom. The minimum Gasteiger partial charge on any atom is -0.337 e. The summed E-state index contributed by atoms with van der Waals surface area (Å²) in [7, 11) is 0. The Morgan fingerprint density at radius 1 is 1.00 bits per heavy atom. The smallest absolute Gasteiger partial charge is 0.263 e. The number of hydrogen-bond acceptors (Lipinski definition) is 3. The lowest BCUT2D eigenvalue weighted by Crippen LogP contribution is -2.50. The van der Waals surface area contributed by atoms with E-state index in [0.717, 1.165) is 12.8 Å². The van der Waals surface area contributed by atoms with Crippen molar-refractivity contribution in [3.63, 3.8) is 0 Å². The molecular weight excluding hydrogens is 338 g/mol. The maximum Gasteiger partial charge on any atom is 0.263 e. The summed E-state index contributed by atoms with van der Waals surface area (Å²) >= 11 is 0. The number of hydrogen-bond donors (Lipinski definition) is 1. The molecule has 136 valence electrons. The van der Waals surface area contributed by atoms with Crippen LogP contribution in [-0.4, -0.2) is 33.9 Å². The van der Waals surface area contributed by atoms with E-state index in [9.17, 15) is 9.59 Å². The number of likely N-dealkylation sites (tertiary alicyclic amines) is 1. The number of nitrogens with zero attached hydrogens (tertiary/aromatic N) is 2. The summed E-state index contributed by atoms with van der Waals surface area (Å²) in [5.41, 5.74) is 1.79. The standard InChI is InChI=1S/C22H21N3O2/c26-20-19(14-23-16-24-20)21(27)25-13-7-12-22(15-25,17-8-3-1-4-9-17)18-10-5-2-6-11-18/h1-6,8-11,14,16H,7,12-13,15H2,(H,23,24,26). The number of H-pyrrole nitrogens is 1. The number of piperidine rings is 1. The fourth-order valence-corrected chi connectivity index (χ4v) is 4.05. The van der Waals surface area contributed by atoms with Crippen LogP contribution in [0, 0.1) is 0 Å². The highest BCUT2D eigenvalue weighted by atomic mass is 16.2. The molecule has 1 aromatic heterocycles. The first-order valence-electron chi connectivity index (χ1n) is 9.14. The molecule has 1 saturated heterocycles. The van der Waals surface area contributed by atoms with Gasteiger partial charge in [0.05, 0.1) is 6.33 Å². The van der Waals surface area contributed by atoms with E-state index >= 15 is 0 Å². The molecule has 0 spiro atoms. The third-order valence-electron chi connectivity index (χ3n) is 5.38. The SMILES string of the molecule is O=C(c1cnc[nH]c1=O)N1CCCC(c2ccccc2)(c2ccccc2)C1. The Kier molecular flexibility index (Phi) is 4.59. The maximum absolute atomic E-state index is 13.0. The van der Waals surface area contributed by atoms with Gasteiger partial charge in [0.25, 0.3) is 11.5 Å². The van der Waals surface area contributed by atoms with Crippen LogP contribution in [0.2, 0.25) is 0 Å². The van der Waals surface area contributed by atoms with Gasteiger partial charge in [0.1, 0.15) is 5.56 Å². The molecule has 0 radical (unpaired) electrons. The average molecular weight is 359 g/mol. The molecule has 1 aliphatic rings. The quantitative estimate of drug-likeness (QED) is 0.782. The highest BCUT2D eigenvalue weighted by molar-refractivity contribution is 5.93. The third-order valence-corrected chi connectivity index (χ3v) is 5.38. The van der Waals surface area contributed by atoms with E-state index in [4.69, 9.17) is 0 Å². The summed E-state index contributed by atoms with van der Waals surface area (Å²) in [6.45, 7) is 1.17. The molecule has 1 fully saturated rings. The number of rotatable bonds is 3. The summed E-state index contributed by atoms with van der Waals surface area (Å²) < 4.78 is 0. The molecule has 5 nitrogen and oxygen atoms in total. The fourth-order valence-electron chi connectivity index (χ4n) is 4.05. The topological polar surface area (TPSA) is 66.1 Å². The second-order valence-electron chi connectivity index (χ2n) is 6.94. The number of aromatic nitrogens is 2. The molecule has 0 aliphatic carbocycles. The number of aromatic amines is 1. The molecule has 0 atom stereocenters. The minimum absolute atomic E-state index is 0.0921. The molecule has 2 heterocycles. The van der Waals surface area contributed by atoms with Crippen LogP contribution in [0.5, 0.6) is 0 Å². The van der Waals surface area contributed by atoms with Crippen LogP contribution in [0.3, 0.4) is 0 Å². The van der Waals surface area contributed by atoms with Gasteiger partial charge >= 0.3 is 0 Å². The molecular formula is C22H21N3O2. The fraction of sp³-hybridized carbons (Fsp3) is 0.227. The number of benzene rings is 2. The summed E-state index contributed by atoms with van der Waals surface area (Å²) in [4.78, 5) is 33.3. The van der Waals surface area contributed by atoms with Crippen molar-refractivity contribution in [3.8, 4) is 0 Å². The number of nitrogens with one attached hydrogen (secondary N) is 1. The first-order valence-corrected chi connectivity index (χ1v) is 9.14. The van der Waals surface area contributed by atoms with Gasteiger partial charge < -0.3 is 9.88 Å². The Bertz CT molecular complexity index is 943. The third kappa shape index (κ3) is 3.16. The Hall–Kier alpha value is -3.21. The summed E-state index contributed by atoms with van der Waals surface area (Å²) in [6, 6.07) is 20.6. The molecule has 0 bridgehead atoms. The monoisotopic (exact) mass is 359 g/mol. The van der Waals surface area contributed by atoms with Crippen molar-refractivity contribution in [2.45, 2.75) is 18.3 Å². The van der Waals surface area contributed by atoms with Crippen molar-refractivity contribution in [2.75, 3.05) is 13.1 Å². The van der Waals surface area contributed by atoms with Crippen molar-refractivity contribution in [2.24, 2.45) is 0 Å². The van der Waals surface area contributed by atoms with Gasteiger partial charge in [-0.1, -0.05) is 60.7 Å². The maximum atomic E-state index is 13.0. The van der Waals surface area contributed by atoms with E-state index in [-0.39, 0.29) is 16.9 Å². The molecule has 0 saturated carbocycles. The molecule has 5 heteroatoms. The van der Waals surface area contributed by atoms with Crippen molar-refractivity contribution in [3.05, 3.63) is 100 Å². The van der Waals surface area contributed by atoms with E-state index in [1.165, 1.54) is 23.7 Å². The van der Waals surface area contributed by atoms with Crippen molar-refractivity contribution in [1.82, 2.24) is 14.9 Å². The van der Waals surface area contributed by atoms with Crippen LogP contribution < -0.4 is 5.56 Å². The number of carbonyl (C=O) groups excluding carboxylic acids is 1. The molecule has 27 heavy (non-hydrogen) atoms. The van der Waals surface area contributed by atoms with E-state index in [2.05, 4.69) is 34.2 Å². The highest BCUT2D eigenvalue weighted by Gasteiger charge is 2.40. The largest absolute Gasteiger partial charge is 0.337 e. The lowest BCUT2D eigenvalue weighted by atomic mass is 9.69. The Morgan fingerprint density at radius 2 is 1.63 bits per heavy atom. The summed E-state index contributed by atoms with van der Waals surface area (Å²) in [5.74, 6) is -0.264. The molecule has 1 amide bonds. The van der Waals surface area contributed by atoms with Crippen LogP contribution in [-0.2, 0) is 5.41 Å². The number of carbonyl (C=O) groups is 1. The minimum atomic E-state index is -0.398. The predicted molar refractivity (Wildman–Crippen MR) is 104 cm³/mol. The normalized spacial score (nSPS) is 16.1. The van der Waals surface area contributed by atoms with E-state index in [0.29, 0.717) is 13.1 Å². The lowest BCUT2D eigenvalue weighted by molar-refractivity contribution is 0.0664. The highest BCUT2D eigenvalue weighted by Crippen LogP contribution is 2.40. The molecule has 1 aliphatic heterocycles. The zero-order valence-corrected chi connectivity index (χ0v) is 15.0. The average Bonchev–Trinajstić information content (AvgIpc) is 2.75. The predicted octanol–water partition coefficient (Wildman–Crippen LogP) is 2.99. The van der Waals surface area contributed by atoms with Gasteiger partial charge in [0, 0.05) is 24.7 Å². The molecule has 4 rings (SSSR count). The van der Waals surface area contributed by atoms with Crippen LogP contribution in [0.25, 0.3) is 0 Å². The van der Waals surface area contributed by atoms with Gasteiger partial charge in [-0.25, -0.2) is 4.98 Å². The van der Waals surface area contributed by atoms with Gasteiger partial charge in [-0.3, -0.25) is 9.59 Å². The second kappa shape index (κ2) is 7.19. The van der Waals surface area contributed by atoms with E-state index in [1.54, 1.807) is 4.90 Å². The zero-order valence-electron chi connectivity index (χ0n) is 15.0. The van der Waals surface area contributed by atoms with E-state index in [1.807, 2.05) is 36.4 Å². The van der Waals surface area contributed by atoms with Crippen LogP contribution in [0.4, 0.5) is 0 Å². The molecule has 3 aromatic rings. The van der Waals surface area contributed by atoms with E-state index < -0.39 is 5.56 Å². The first-order chi connectivity index (χ1) is 13.2. The molecule has 1 N–H and O–H groups in total. The van der Waals surface area contributed by atoms with Crippen molar-refractivity contribution >= 4 is 5.91 Å². The lowest BCUT2D eigenvalue weighted by Gasteiger charge is -2.44. The summed E-state index contributed by atoms with van der Waals surface area (Å²) in [6.07, 6.45) is 4.47. The zero-order chi connectivity index (χ0) is 18.7. The Labute approximate surface area is 157 Å². The van der Waals surface area contributed by atoms with Gasteiger partial charge in [-0.05, 0) is 24.0 Å². The van der Waals surface area contributed by atoms with Gasteiger partial charge in [-0.15, -0.1) is 0 Å². The second-order valence-corrected chi connectivity index (χ2v) is 6.94. The summed E-state index contributed by atoms with van der Waals surface area (Å²) in [5, 5.41) is 0. The first kappa shape index (κ1) is 17.2. The van der Waals surface area contributed by atoms with Crippen LogP contribution in [0.15, 0.2) is 78.0 Å². The van der Waals surface area contributed by atoms with Crippen LogP contribution >= 0.6 is 0 Å². The van der Waals surface area contributed by atoms with Crippen molar-refractivity contribution < 1.29 is 4.79 Å². The van der Waals surface area contributed by atoms with Gasteiger partial charge in [0.15, 0.2) is 0 Å².